The quantitative estimate of drug-likeness (QED) is 0.869. The minimum absolute atomic E-state index is 0.179. The fourth-order valence-electron chi connectivity index (χ4n) is 3.21. The number of nitrogens with one attached hydrogen (secondary N) is 1. The Balaban J connectivity index is 2.04. The summed E-state index contributed by atoms with van der Waals surface area (Å²) in [5, 5.41) is 13.4. The van der Waals surface area contributed by atoms with Crippen LogP contribution in [0.5, 0.6) is 5.75 Å². The summed E-state index contributed by atoms with van der Waals surface area (Å²) in [7, 11) is 0. The van der Waals surface area contributed by atoms with E-state index in [4.69, 9.17) is 4.74 Å². The molecule has 112 valence electrons. The van der Waals surface area contributed by atoms with Gasteiger partial charge in [0.15, 0.2) is 0 Å². The van der Waals surface area contributed by atoms with Crippen LogP contribution in [0.3, 0.4) is 0 Å². The fourth-order valence-corrected chi connectivity index (χ4v) is 3.21. The number of aryl methyl sites for hydroxylation is 1. The van der Waals surface area contributed by atoms with Crippen LogP contribution in [0.1, 0.15) is 45.1 Å². The van der Waals surface area contributed by atoms with E-state index in [1.54, 1.807) is 0 Å². The summed E-state index contributed by atoms with van der Waals surface area (Å²) in [6.45, 7) is 6.51. The molecule has 0 spiro atoms. The third-order valence-corrected chi connectivity index (χ3v) is 4.08. The summed E-state index contributed by atoms with van der Waals surface area (Å²) in [6, 6.07) is 8.52. The van der Waals surface area contributed by atoms with Crippen molar-refractivity contribution in [2.24, 2.45) is 0 Å². The average Bonchev–Trinajstić information content (AvgIpc) is 2.41. The molecule has 3 heteroatoms. The molecule has 2 rings (SSSR count). The van der Waals surface area contributed by atoms with Crippen LogP contribution in [-0.4, -0.2) is 29.4 Å². The van der Waals surface area contributed by atoms with E-state index in [0.29, 0.717) is 6.04 Å². The molecule has 0 amide bonds. The lowest BCUT2D eigenvalue weighted by molar-refractivity contribution is 0.0458. The summed E-state index contributed by atoms with van der Waals surface area (Å²) >= 11 is 0. The molecular weight excluding hydrogens is 250 g/mol. The molecule has 3 nitrogen and oxygen atoms in total. The molecule has 0 radical (unpaired) electrons. The zero-order valence-corrected chi connectivity index (χ0v) is 12.9. The third kappa shape index (κ3) is 3.74. The van der Waals surface area contributed by atoms with E-state index in [2.05, 4.69) is 32.2 Å². The zero-order chi connectivity index (χ0) is 14.6. The molecule has 1 aliphatic rings. The maximum Gasteiger partial charge on any atom is 0.122 e. The largest absolute Gasteiger partial charge is 0.490 e. The first kappa shape index (κ1) is 15.3. The lowest BCUT2D eigenvalue weighted by Crippen LogP contribution is -2.55. The van der Waals surface area contributed by atoms with E-state index >= 15 is 0 Å². The van der Waals surface area contributed by atoms with Gasteiger partial charge in [0.1, 0.15) is 11.9 Å². The Kier molecular flexibility index (Phi) is 5.06. The first-order valence-electron chi connectivity index (χ1n) is 7.65. The van der Waals surface area contributed by atoms with Gasteiger partial charge in [-0.25, -0.2) is 0 Å². The van der Waals surface area contributed by atoms with E-state index in [0.717, 1.165) is 31.4 Å². The standard InChI is InChI=1S/C17H27NO2/c1-13(2)18-17(12-19)10-6-8-15(11-17)20-16-9-5-4-7-14(16)3/h4-5,7,9,13,15,18-19H,6,8,10-12H2,1-3H3. The number of benzene rings is 1. The van der Waals surface area contributed by atoms with Crippen LogP contribution in [0.25, 0.3) is 0 Å². The van der Waals surface area contributed by atoms with E-state index < -0.39 is 0 Å². The van der Waals surface area contributed by atoms with Crippen molar-refractivity contribution >= 4 is 0 Å². The topological polar surface area (TPSA) is 41.5 Å². The van der Waals surface area contributed by atoms with E-state index in [1.165, 1.54) is 5.56 Å². The fraction of sp³-hybridized carbons (Fsp3) is 0.647. The molecule has 1 aromatic rings. The highest BCUT2D eigenvalue weighted by Crippen LogP contribution is 2.32. The van der Waals surface area contributed by atoms with Crippen LogP contribution >= 0.6 is 0 Å². The van der Waals surface area contributed by atoms with Gasteiger partial charge < -0.3 is 15.2 Å². The second-order valence-corrected chi connectivity index (χ2v) is 6.34. The van der Waals surface area contributed by atoms with Crippen LogP contribution in [-0.2, 0) is 0 Å². The summed E-state index contributed by atoms with van der Waals surface area (Å²) in [6.07, 6.45) is 4.24. The van der Waals surface area contributed by atoms with Crippen molar-refractivity contribution < 1.29 is 9.84 Å². The molecule has 20 heavy (non-hydrogen) atoms. The highest BCUT2D eigenvalue weighted by atomic mass is 16.5. The molecule has 0 saturated heterocycles. The Bertz CT molecular complexity index is 433. The van der Waals surface area contributed by atoms with Gasteiger partial charge in [0.05, 0.1) is 6.61 Å². The van der Waals surface area contributed by atoms with E-state index in [1.807, 2.05) is 18.2 Å². The van der Waals surface area contributed by atoms with E-state index in [-0.39, 0.29) is 18.2 Å². The van der Waals surface area contributed by atoms with Crippen molar-refractivity contribution in [3.63, 3.8) is 0 Å². The van der Waals surface area contributed by atoms with Gasteiger partial charge >= 0.3 is 0 Å². The number of aliphatic hydroxyl groups excluding tert-OH is 1. The highest BCUT2D eigenvalue weighted by Gasteiger charge is 2.37. The van der Waals surface area contributed by atoms with Gasteiger partial charge in [-0.15, -0.1) is 0 Å². The Morgan fingerprint density at radius 1 is 1.40 bits per heavy atom. The minimum Gasteiger partial charge on any atom is -0.490 e. The van der Waals surface area contributed by atoms with Gasteiger partial charge in [-0.3, -0.25) is 0 Å². The number of hydrogen-bond acceptors (Lipinski definition) is 3. The van der Waals surface area contributed by atoms with Crippen molar-refractivity contribution in [3.8, 4) is 5.75 Å². The van der Waals surface area contributed by atoms with Gasteiger partial charge in [-0.2, -0.15) is 0 Å². The summed E-state index contributed by atoms with van der Waals surface area (Å²) in [5.74, 6) is 0.968. The minimum atomic E-state index is -0.181. The maximum atomic E-state index is 9.81. The van der Waals surface area contributed by atoms with Gasteiger partial charge in [-0.1, -0.05) is 32.0 Å². The Hall–Kier alpha value is -1.06. The molecule has 2 atom stereocenters. The highest BCUT2D eigenvalue weighted by molar-refractivity contribution is 5.32. The van der Waals surface area contributed by atoms with Crippen LogP contribution < -0.4 is 10.1 Å². The zero-order valence-electron chi connectivity index (χ0n) is 12.9. The van der Waals surface area contributed by atoms with Gasteiger partial charge in [-0.05, 0) is 37.8 Å². The summed E-state index contributed by atoms with van der Waals surface area (Å²) in [4.78, 5) is 0. The lowest BCUT2D eigenvalue weighted by Gasteiger charge is -2.41. The second-order valence-electron chi connectivity index (χ2n) is 6.34. The number of aliphatic hydroxyl groups is 1. The smallest absolute Gasteiger partial charge is 0.122 e. The average molecular weight is 277 g/mol. The molecule has 0 heterocycles. The molecule has 1 saturated carbocycles. The van der Waals surface area contributed by atoms with Crippen molar-refractivity contribution in [2.75, 3.05) is 6.61 Å². The molecule has 0 bridgehead atoms. The van der Waals surface area contributed by atoms with Crippen LogP contribution in [0.2, 0.25) is 0 Å². The predicted molar refractivity (Wildman–Crippen MR) is 82.2 cm³/mol. The first-order chi connectivity index (χ1) is 9.54. The van der Waals surface area contributed by atoms with Gasteiger partial charge in [0, 0.05) is 18.0 Å². The number of para-hydroxylation sites is 1. The maximum absolute atomic E-state index is 9.81. The number of ether oxygens (including phenoxy) is 1. The van der Waals surface area contributed by atoms with Crippen LogP contribution in [0.15, 0.2) is 24.3 Å². The molecule has 1 aromatic carbocycles. The molecule has 1 aliphatic carbocycles. The molecule has 0 aliphatic heterocycles. The molecule has 2 unspecified atom stereocenters. The van der Waals surface area contributed by atoms with Crippen LogP contribution in [0.4, 0.5) is 0 Å². The van der Waals surface area contributed by atoms with E-state index in [9.17, 15) is 5.11 Å². The van der Waals surface area contributed by atoms with Crippen molar-refractivity contribution in [1.82, 2.24) is 5.32 Å². The molecule has 2 N–H and O–H groups in total. The summed E-state index contributed by atoms with van der Waals surface area (Å²) in [5.41, 5.74) is 0.990. The molecule has 0 aromatic heterocycles. The van der Waals surface area contributed by atoms with Gasteiger partial charge in [0.2, 0.25) is 0 Å². The predicted octanol–water partition coefficient (Wildman–Crippen LogP) is 3.05. The molecule has 1 fully saturated rings. The van der Waals surface area contributed by atoms with Crippen molar-refractivity contribution in [3.05, 3.63) is 29.8 Å². The number of rotatable bonds is 5. The number of hydrogen-bond donors (Lipinski definition) is 2. The third-order valence-electron chi connectivity index (χ3n) is 4.08. The normalized spacial score (nSPS) is 26.8. The van der Waals surface area contributed by atoms with Gasteiger partial charge in [0.25, 0.3) is 0 Å². The molecular formula is C17H27NO2. The van der Waals surface area contributed by atoms with Crippen molar-refractivity contribution in [1.29, 1.82) is 0 Å². The van der Waals surface area contributed by atoms with Crippen molar-refractivity contribution in [2.45, 2.75) is 64.1 Å². The Morgan fingerprint density at radius 3 is 2.80 bits per heavy atom. The Labute approximate surface area is 122 Å². The lowest BCUT2D eigenvalue weighted by atomic mass is 9.80. The SMILES string of the molecule is Cc1ccccc1OC1CCCC(CO)(NC(C)C)C1. The summed E-state index contributed by atoms with van der Waals surface area (Å²) < 4.78 is 6.17. The second kappa shape index (κ2) is 6.59. The van der Waals surface area contributed by atoms with Crippen LogP contribution in [0, 0.1) is 6.92 Å². The monoisotopic (exact) mass is 277 g/mol. The first-order valence-corrected chi connectivity index (χ1v) is 7.65. The Morgan fingerprint density at radius 2 is 2.15 bits per heavy atom.